The van der Waals surface area contributed by atoms with Crippen LogP contribution < -0.4 is 0 Å². The van der Waals surface area contributed by atoms with Gasteiger partial charge in [0.1, 0.15) is 12.1 Å². The molecule has 0 aromatic carbocycles. The summed E-state index contributed by atoms with van der Waals surface area (Å²) in [5.74, 6) is 0. The van der Waals surface area contributed by atoms with E-state index in [1.54, 1.807) is 0 Å². The third-order valence-corrected chi connectivity index (χ3v) is 5.18. The monoisotopic (exact) mass is 284 g/mol. The molecule has 2 nitrogen and oxygen atoms in total. The number of aliphatic hydroxyl groups is 1. The molecule has 1 aliphatic carbocycles. The van der Waals surface area contributed by atoms with E-state index in [1.807, 2.05) is 0 Å². The van der Waals surface area contributed by atoms with Gasteiger partial charge in [0.15, 0.2) is 0 Å². The highest BCUT2D eigenvalue weighted by Gasteiger charge is 2.35. The van der Waals surface area contributed by atoms with E-state index in [2.05, 4.69) is 21.0 Å². The van der Waals surface area contributed by atoms with Crippen molar-refractivity contribution in [1.29, 1.82) is 0 Å². The van der Waals surface area contributed by atoms with Gasteiger partial charge in [0.25, 0.3) is 0 Å². The predicted octanol–water partition coefficient (Wildman–Crippen LogP) is 4.51. The molecular weight excluding hydrogens is 246 g/mol. The van der Waals surface area contributed by atoms with Crippen LogP contribution in [0.1, 0.15) is 84.0 Å². The van der Waals surface area contributed by atoms with Gasteiger partial charge in [-0.3, -0.25) is 0 Å². The second kappa shape index (κ2) is 9.78. The maximum absolute atomic E-state index is 10.2. The first kappa shape index (κ1) is 18.0. The number of rotatable bonds is 10. The Morgan fingerprint density at radius 3 is 2.00 bits per heavy atom. The second-order valence-electron chi connectivity index (χ2n) is 7.40. The van der Waals surface area contributed by atoms with Crippen LogP contribution in [-0.4, -0.2) is 42.4 Å². The maximum Gasteiger partial charge on any atom is 0.115 e. The van der Waals surface area contributed by atoms with Gasteiger partial charge in [0.05, 0.1) is 20.6 Å². The van der Waals surface area contributed by atoms with Crippen LogP contribution in [0.4, 0.5) is 0 Å². The molecule has 1 aliphatic rings. The Kier molecular flexibility index (Phi) is 8.79. The molecule has 0 aromatic heterocycles. The van der Waals surface area contributed by atoms with Crippen LogP contribution in [0.25, 0.3) is 0 Å². The van der Waals surface area contributed by atoms with E-state index in [0.717, 1.165) is 10.9 Å². The molecule has 0 aliphatic heterocycles. The minimum atomic E-state index is -0.0622. The minimum Gasteiger partial charge on any atom is -0.387 e. The van der Waals surface area contributed by atoms with Gasteiger partial charge >= 0.3 is 0 Å². The molecule has 2 atom stereocenters. The topological polar surface area (TPSA) is 20.2 Å². The maximum atomic E-state index is 10.2. The third kappa shape index (κ3) is 6.58. The number of hydrogen-bond donors (Lipinski definition) is 1. The number of hydrogen-bond acceptors (Lipinski definition) is 1. The van der Waals surface area contributed by atoms with Crippen molar-refractivity contribution in [3.63, 3.8) is 0 Å². The fourth-order valence-corrected chi connectivity index (χ4v) is 3.73. The summed E-state index contributed by atoms with van der Waals surface area (Å²) in [6, 6.07) is 0.480. The molecule has 0 spiro atoms. The number of quaternary nitrogens is 1. The van der Waals surface area contributed by atoms with Crippen molar-refractivity contribution in [1.82, 2.24) is 0 Å². The lowest BCUT2D eigenvalue weighted by atomic mass is 9.90. The van der Waals surface area contributed by atoms with Crippen LogP contribution >= 0.6 is 0 Å². The van der Waals surface area contributed by atoms with Gasteiger partial charge in [-0.05, 0) is 25.7 Å². The van der Waals surface area contributed by atoms with E-state index >= 15 is 0 Å². The van der Waals surface area contributed by atoms with Crippen molar-refractivity contribution in [2.24, 2.45) is 0 Å². The largest absolute Gasteiger partial charge is 0.387 e. The van der Waals surface area contributed by atoms with Gasteiger partial charge in [-0.15, -0.1) is 0 Å². The summed E-state index contributed by atoms with van der Waals surface area (Å²) in [7, 11) is 4.64. The van der Waals surface area contributed by atoms with Gasteiger partial charge in [-0.1, -0.05) is 51.9 Å². The van der Waals surface area contributed by atoms with E-state index in [1.165, 1.54) is 77.2 Å². The van der Waals surface area contributed by atoms with E-state index in [4.69, 9.17) is 0 Å². The highest BCUT2D eigenvalue weighted by Crippen LogP contribution is 2.26. The number of unbranched alkanes of at least 4 members (excludes halogenated alkanes) is 7. The summed E-state index contributed by atoms with van der Waals surface area (Å²) in [5, 5.41) is 10.2. The highest BCUT2D eigenvalue weighted by atomic mass is 16.3. The Balaban J connectivity index is 2.10. The normalized spacial score (nSPS) is 24.0. The molecule has 1 saturated carbocycles. The zero-order valence-corrected chi connectivity index (χ0v) is 14.2. The first-order valence-corrected chi connectivity index (χ1v) is 9.08. The van der Waals surface area contributed by atoms with E-state index in [-0.39, 0.29) is 6.10 Å². The molecule has 0 heterocycles. The number of aliphatic hydroxyl groups excluding tert-OH is 1. The Morgan fingerprint density at radius 1 is 0.850 bits per heavy atom. The summed E-state index contributed by atoms with van der Waals surface area (Å²) < 4.78 is 1.02. The van der Waals surface area contributed by atoms with Crippen LogP contribution in [0.2, 0.25) is 0 Å². The molecular formula is C18H38NO+. The van der Waals surface area contributed by atoms with Gasteiger partial charge in [-0.25, -0.2) is 0 Å². The fraction of sp³-hybridized carbons (Fsp3) is 1.00. The van der Waals surface area contributed by atoms with E-state index < -0.39 is 0 Å². The van der Waals surface area contributed by atoms with Crippen LogP contribution in [0, 0.1) is 0 Å². The Hall–Kier alpha value is -0.0800. The smallest absolute Gasteiger partial charge is 0.115 e. The molecule has 2 unspecified atom stereocenters. The zero-order chi connectivity index (χ0) is 14.8. The molecule has 0 aromatic rings. The van der Waals surface area contributed by atoms with Gasteiger partial charge in [0.2, 0.25) is 0 Å². The summed E-state index contributed by atoms with van der Waals surface area (Å²) in [4.78, 5) is 0. The van der Waals surface area contributed by atoms with E-state index in [9.17, 15) is 5.11 Å². The van der Waals surface area contributed by atoms with Crippen molar-refractivity contribution in [2.75, 3.05) is 20.6 Å². The molecule has 0 amide bonds. The molecule has 0 bridgehead atoms. The first-order chi connectivity index (χ1) is 9.58. The van der Waals surface area contributed by atoms with Gasteiger partial charge in [-0.2, -0.15) is 0 Å². The first-order valence-electron chi connectivity index (χ1n) is 9.08. The zero-order valence-electron chi connectivity index (χ0n) is 14.2. The molecule has 20 heavy (non-hydrogen) atoms. The Morgan fingerprint density at radius 2 is 1.40 bits per heavy atom. The van der Waals surface area contributed by atoms with Crippen LogP contribution in [0.3, 0.4) is 0 Å². The lowest BCUT2D eigenvalue weighted by molar-refractivity contribution is -0.920. The average molecular weight is 285 g/mol. The van der Waals surface area contributed by atoms with Crippen LogP contribution in [0.15, 0.2) is 0 Å². The molecule has 1 N–H and O–H groups in total. The van der Waals surface area contributed by atoms with Crippen LogP contribution in [-0.2, 0) is 0 Å². The van der Waals surface area contributed by atoms with Crippen molar-refractivity contribution >= 4 is 0 Å². The lowest BCUT2D eigenvalue weighted by Gasteiger charge is -2.42. The van der Waals surface area contributed by atoms with Crippen molar-refractivity contribution in [3.05, 3.63) is 0 Å². The van der Waals surface area contributed by atoms with Gasteiger partial charge < -0.3 is 9.59 Å². The number of nitrogens with zero attached hydrogens (tertiary/aromatic N) is 1. The lowest BCUT2D eigenvalue weighted by Crippen LogP contribution is -2.56. The van der Waals surface area contributed by atoms with Crippen molar-refractivity contribution in [2.45, 2.75) is 96.1 Å². The highest BCUT2D eigenvalue weighted by molar-refractivity contribution is 4.75. The molecule has 1 fully saturated rings. The minimum absolute atomic E-state index is 0.0622. The van der Waals surface area contributed by atoms with Crippen molar-refractivity contribution in [3.8, 4) is 0 Å². The average Bonchev–Trinajstić information content (AvgIpc) is 2.42. The fourth-order valence-electron chi connectivity index (χ4n) is 3.73. The number of likely N-dealkylation sites (N-methyl/N-ethyl adjacent to an activating group) is 1. The Bertz CT molecular complexity index is 240. The molecule has 120 valence electrons. The summed E-state index contributed by atoms with van der Waals surface area (Å²) in [5.41, 5.74) is 0. The summed E-state index contributed by atoms with van der Waals surface area (Å²) >= 11 is 0. The van der Waals surface area contributed by atoms with E-state index in [0.29, 0.717) is 6.04 Å². The third-order valence-electron chi connectivity index (χ3n) is 5.18. The molecule has 2 heteroatoms. The standard InChI is InChI=1S/C18H38NO/c1-4-5-6-7-8-9-10-13-16-19(2,3)17-14-11-12-15-18(17)20/h17-18,20H,4-16H2,1-3H3/q+1. The molecule has 0 saturated heterocycles. The summed E-state index contributed by atoms with van der Waals surface area (Å²) in [6.07, 6.45) is 15.8. The Labute approximate surface area is 127 Å². The second-order valence-corrected chi connectivity index (χ2v) is 7.40. The summed E-state index contributed by atoms with van der Waals surface area (Å²) in [6.45, 7) is 3.51. The van der Waals surface area contributed by atoms with Gasteiger partial charge in [0, 0.05) is 6.42 Å². The quantitative estimate of drug-likeness (QED) is 0.462. The van der Waals surface area contributed by atoms with Crippen LogP contribution in [0.5, 0.6) is 0 Å². The molecule has 1 rings (SSSR count). The molecule has 0 radical (unpaired) electrons. The predicted molar refractivity (Wildman–Crippen MR) is 87.8 cm³/mol. The SMILES string of the molecule is CCCCCCCCCC[N+](C)(C)C1CCCCC1O. The van der Waals surface area contributed by atoms with Crippen molar-refractivity contribution < 1.29 is 9.59 Å².